The van der Waals surface area contributed by atoms with Crippen molar-refractivity contribution in [3.63, 3.8) is 0 Å². The Kier molecular flexibility index (Phi) is 5.29. The first kappa shape index (κ1) is 18.0. The van der Waals surface area contributed by atoms with Gasteiger partial charge in [-0.15, -0.1) is 10.2 Å². The summed E-state index contributed by atoms with van der Waals surface area (Å²) in [6.07, 6.45) is 0.738. The standard InChI is InChI=1S/C17H23N7O2/c1-9-3-4-11(7-10(9)2)20-16-14(15(19)25)23-24-17(22-16)21-13-5-6-26-8-12(13)18/h3-4,7,12-13H,5-6,8,18H2,1-2H3,(H2,19,25)(H2,20,21,22,24)/t12-,13+/m0/s1. The van der Waals surface area contributed by atoms with Crippen LogP contribution in [0.15, 0.2) is 18.2 Å². The summed E-state index contributed by atoms with van der Waals surface area (Å²) in [4.78, 5) is 16.0. The van der Waals surface area contributed by atoms with Gasteiger partial charge in [-0.05, 0) is 43.5 Å². The van der Waals surface area contributed by atoms with E-state index in [4.69, 9.17) is 16.2 Å². The SMILES string of the molecule is Cc1ccc(Nc2nc(N[C@@H]3CCOC[C@@H]3N)nnc2C(N)=O)cc1C. The van der Waals surface area contributed by atoms with Crippen molar-refractivity contribution in [2.75, 3.05) is 23.8 Å². The fourth-order valence-electron chi connectivity index (χ4n) is 2.70. The van der Waals surface area contributed by atoms with Crippen molar-refractivity contribution in [2.24, 2.45) is 11.5 Å². The van der Waals surface area contributed by atoms with Crippen LogP contribution in [-0.4, -0.2) is 46.4 Å². The summed E-state index contributed by atoms with van der Waals surface area (Å²) in [5.74, 6) is -0.173. The summed E-state index contributed by atoms with van der Waals surface area (Å²) in [5, 5.41) is 14.1. The number of nitrogens with zero attached hydrogens (tertiary/aromatic N) is 3. The van der Waals surface area contributed by atoms with Crippen LogP contribution in [0.25, 0.3) is 0 Å². The Bertz CT molecular complexity index is 812. The van der Waals surface area contributed by atoms with Crippen molar-refractivity contribution in [1.29, 1.82) is 0 Å². The van der Waals surface area contributed by atoms with Crippen LogP contribution in [0.1, 0.15) is 28.0 Å². The lowest BCUT2D eigenvalue weighted by Crippen LogP contribution is -2.48. The maximum atomic E-state index is 11.7. The molecule has 1 saturated heterocycles. The Hall–Kier alpha value is -2.78. The topological polar surface area (TPSA) is 141 Å². The Labute approximate surface area is 151 Å². The summed E-state index contributed by atoms with van der Waals surface area (Å²) in [7, 11) is 0. The number of carbonyl (C=O) groups is 1. The van der Waals surface area contributed by atoms with Gasteiger partial charge in [-0.2, -0.15) is 4.98 Å². The third-order valence-corrected chi connectivity index (χ3v) is 4.40. The summed E-state index contributed by atoms with van der Waals surface area (Å²) < 4.78 is 5.33. The summed E-state index contributed by atoms with van der Waals surface area (Å²) in [6.45, 7) is 5.12. The van der Waals surface area contributed by atoms with Gasteiger partial charge in [0.15, 0.2) is 11.5 Å². The molecule has 2 aromatic rings. The van der Waals surface area contributed by atoms with E-state index in [9.17, 15) is 4.79 Å². The number of hydrogen-bond donors (Lipinski definition) is 4. The number of primary amides is 1. The number of anilines is 3. The number of nitrogens with two attached hydrogens (primary N) is 2. The molecule has 26 heavy (non-hydrogen) atoms. The van der Waals surface area contributed by atoms with Gasteiger partial charge in [0.05, 0.1) is 6.61 Å². The van der Waals surface area contributed by atoms with Crippen LogP contribution in [0.2, 0.25) is 0 Å². The third-order valence-electron chi connectivity index (χ3n) is 4.40. The molecule has 0 bridgehead atoms. The second kappa shape index (κ2) is 7.63. The molecule has 0 radical (unpaired) electrons. The number of carbonyl (C=O) groups excluding carboxylic acids is 1. The average molecular weight is 357 g/mol. The zero-order valence-electron chi connectivity index (χ0n) is 14.8. The number of nitrogens with one attached hydrogen (secondary N) is 2. The van der Waals surface area contributed by atoms with E-state index in [1.54, 1.807) is 0 Å². The zero-order chi connectivity index (χ0) is 18.7. The van der Waals surface area contributed by atoms with Gasteiger partial charge in [-0.25, -0.2) is 0 Å². The summed E-state index contributed by atoms with van der Waals surface area (Å²) >= 11 is 0. The van der Waals surface area contributed by atoms with E-state index in [1.807, 2.05) is 32.0 Å². The first-order valence-corrected chi connectivity index (χ1v) is 8.42. The van der Waals surface area contributed by atoms with Crippen LogP contribution in [0.4, 0.5) is 17.5 Å². The van der Waals surface area contributed by atoms with Crippen LogP contribution in [0.3, 0.4) is 0 Å². The average Bonchev–Trinajstić information content (AvgIpc) is 2.60. The fourth-order valence-corrected chi connectivity index (χ4v) is 2.70. The minimum atomic E-state index is -0.703. The second-order valence-electron chi connectivity index (χ2n) is 6.40. The van der Waals surface area contributed by atoms with Crippen LogP contribution < -0.4 is 22.1 Å². The van der Waals surface area contributed by atoms with Crippen LogP contribution in [0, 0.1) is 13.8 Å². The quantitative estimate of drug-likeness (QED) is 0.617. The van der Waals surface area contributed by atoms with Crippen LogP contribution in [0.5, 0.6) is 0 Å². The van der Waals surface area contributed by atoms with Crippen LogP contribution in [-0.2, 0) is 4.74 Å². The minimum Gasteiger partial charge on any atom is -0.380 e. The molecule has 3 rings (SSSR count). The molecule has 1 fully saturated rings. The predicted molar refractivity (Wildman–Crippen MR) is 98.4 cm³/mol. The van der Waals surface area contributed by atoms with E-state index >= 15 is 0 Å². The van der Waals surface area contributed by atoms with Crippen molar-refractivity contribution in [1.82, 2.24) is 15.2 Å². The van der Waals surface area contributed by atoms with E-state index in [2.05, 4.69) is 25.8 Å². The van der Waals surface area contributed by atoms with Gasteiger partial charge >= 0.3 is 0 Å². The van der Waals surface area contributed by atoms with Crippen molar-refractivity contribution >= 4 is 23.4 Å². The Morgan fingerprint density at radius 2 is 2.08 bits per heavy atom. The molecule has 9 heteroatoms. The van der Waals surface area contributed by atoms with Crippen molar-refractivity contribution in [3.05, 3.63) is 35.0 Å². The summed E-state index contributed by atoms with van der Waals surface area (Å²) in [6, 6.07) is 5.65. The molecule has 1 amide bonds. The van der Waals surface area contributed by atoms with Gasteiger partial charge < -0.3 is 26.8 Å². The monoisotopic (exact) mass is 357 g/mol. The molecule has 6 N–H and O–H groups in total. The molecule has 9 nitrogen and oxygen atoms in total. The molecule has 138 valence electrons. The van der Waals surface area contributed by atoms with Crippen molar-refractivity contribution < 1.29 is 9.53 Å². The molecule has 0 spiro atoms. The van der Waals surface area contributed by atoms with Crippen molar-refractivity contribution in [2.45, 2.75) is 32.4 Å². The van der Waals surface area contributed by atoms with Crippen LogP contribution >= 0.6 is 0 Å². The highest BCUT2D eigenvalue weighted by molar-refractivity contribution is 5.96. The normalized spacial score (nSPS) is 19.8. The molecule has 1 aromatic carbocycles. The first-order valence-electron chi connectivity index (χ1n) is 8.42. The molecule has 2 atom stereocenters. The number of aryl methyl sites for hydroxylation is 2. The van der Waals surface area contributed by atoms with Gasteiger partial charge in [-0.1, -0.05) is 6.07 Å². The largest absolute Gasteiger partial charge is 0.380 e. The lowest BCUT2D eigenvalue weighted by Gasteiger charge is -2.29. The fraction of sp³-hybridized carbons (Fsp3) is 0.412. The highest BCUT2D eigenvalue weighted by Crippen LogP contribution is 2.21. The van der Waals surface area contributed by atoms with E-state index in [1.165, 1.54) is 5.56 Å². The number of aromatic nitrogens is 3. The van der Waals surface area contributed by atoms with E-state index in [-0.39, 0.29) is 29.5 Å². The minimum absolute atomic E-state index is 0.0231. The van der Waals surface area contributed by atoms with E-state index in [0.717, 1.165) is 17.7 Å². The number of benzene rings is 1. The number of hydrogen-bond acceptors (Lipinski definition) is 8. The van der Waals surface area contributed by atoms with Gasteiger partial charge in [-0.3, -0.25) is 4.79 Å². The lowest BCUT2D eigenvalue weighted by molar-refractivity contribution is 0.0751. The number of rotatable bonds is 5. The zero-order valence-corrected chi connectivity index (χ0v) is 14.8. The Balaban J connectivity index is 1.86. The van der Waals surface area contributed by atoms with Crippen molar-refractivity contribution in [3.8, 4) is 0 Å². The lowest BCUT2D eigenvalue weighted by atomic mass is 10.1. The highest BCUT2D eigenvalue weighted by atomic mass is 16.5. The van der Waals surface area contributed by atoms with Gasteiger partial charge in [0, 0.05) is 24.4 Å². The van der Waals surface area contributed by atoms with Gasteiger partial charge in [0.25, 0.3) is 5.91 Å². The molecular weight excluding hydrogens is 334 g/mol. The van der Waals surface area contributed by atoms with E-state index < -0.39 is 5.91 Å². The molecule has 2 heterocycles. The molecule has 0 aliphatic carbocycles. The number of ether oxygens (including phenoxy) is 1. The predicted octanol–water partition coefficient (Wildman–Crippen LogP) is 0.859. The van der Waals surface area contributed by atoms with Gasteiger partial charge in [0.1, 0.15) is 0 Å². The Morgan fingerprint density at radius 3 is 2.77 bits per heavy atom. The molecule has 1 aliphatic rings. The summed E-state index contributed by atoms with van der Waals surface area (Å²) in [5.41, 5.74) is 14.5. The molecule has 1 aliphatic heterocycles. The maximum Gasteiger partial charge on any atom is 0.273 e. The second-order valence-corrected chi connectivity index (χ2v) is 6.40. The smallest absolute Gasteiger partial charge is 0.273 e. The van der Waals surface area contributed by atoms with E-state index in [0.29, 0.717) is 13.2 Å². The van der Waals surface area contributed by atoms with Gasteiger partial charge in [0.2, 0.25) is 5.95 Å². The Morgan fingerprint density at radius 1 is 1.27 bits per heavy atom. The maximum absolute atomic E-state index is 11.7. The third kappa shape index (κ3) is 4.06. The first-order chi connectivity index (χ1) is 12.4. The highest BCUT2D eigenvalue weighted by Gasteiger charge is 2.24. The molecule has 0 saturated carbocycles. The molecule has 0 unspecified atom stereocenters. The molecule has 1 aromatic heterocycles. The number of amides is 1. The molecular formula is C17H23N7O2.